The fourth-order valence-electron chi connectivity index (χ4n) is 2.52. The molecule has 0 fully saturated rings. The van der Waals surface area contributed by atoms with Crippen molar-refractivity contribution in [3.63, 3.8) is 0 Å². The lowest BCUT2D eigenvalue weighted by Gasteiger charge is -2.23. The Hall–Kier alpha value is -2.07. The zero-order valence-corrected chi connectivity index (χ0v) is 15.2. The van der Waals surface area contributed by atoms with Crippen LogP contribution >= 0.6 is 11.6 Å². The van der Waals surface area contributed by atoms with E-state index >= 15 is 0 Å². The maximum atomic E-state index is 12.5. The van der Waals surface area contributed by atoms with Gasteiger partial charge in [-0.05, 0) is 49.6 Å². The number of carbonyl (C=O) groups is 1. The van der Waals surface area contributed by atoms with E-state index in [0.29, 0.717) is 16.4 Å². The Labute approximate surface area is 148 Å². The predicted molar refractivity (Wildman–Crippen MR) is 101 cm³/mol. The summed E-state index contributed by atoms with van der Waals surface area (Å²) in [5.74, 6) is -0.232. The Balaban J connectivity index is 2.17. The molecule has 4 nitrogen and oxygen atoms in total. The molecule has 0 saturated heterocycles. The first-order chi connectivity index (χ1) is 11.5. The van der Waals surface area contributed by atoms with Crippen molar-refractivity contribution < 1.29 is 4.79 Å². The standard InChI is InChI=1S/C19H24ClN3O/c1-4-10-23(11-5-2)16-8-9-21-18(13-16)19(24)22-15-7-6-14(3)17(20)12-15/h6-9,12-13H,4-5,10-11H2,1-3H3,(H,22,24). The first-order valence-electron chi connectivity index (χ1n) is 8.33. The fourth-order valence-corrected chi connectivity index (χ4v) is 2.70. The molecule has 0 aliphatic rings. The number of hydrogen-bond acceptors (Lipinski definition) is 3. The molecule has 1 N–H and O–H groups in total. The molecule has 128 valence electrons. The minimum Gasteiger partial charge on any atom is -0.371 e. The zero-order valence-electron chi connectivity index (χ0n) is 14.5. The van der Waals surface area contributed by atoms with Crippen LogP contribution in [0.25, 0.3) is 0 Å². The Morgan fingerprint density at radius 3 is 2.50 bits per heavy atom. The van der Waals surface area contributed by atoms with Crippen molar-refractivity contribution in [1.29, 1.82) is 0 Å². The average molecular weight is 346 g/mol. The number of halogens is 1. The number of aromatic nitrogens is 1. The number of benzene rings is 1. The van der Waals surface area contributed by atoms with Crippen LogP contribution in [0.1, 0.15) is 42.7 Å². The van der Waals surface area contributed by atoms with Gasteiger partial charge in [-0.2, -0.15) is 0 Å². The summed E-state index contributed by atoms with van der Waals surface area (Å²) in [6.45, 7) is 8.16. The topological polar surface area (TPSA) is 45.2 Å². The smallest absolute Gasteiger partial charge is 0.274 e. The zero-order chi connectivity index (χ0) is 17.5. The first kappa shape index (κ1) is 18.3. The molecule has 2 rings (SSSR count). The Bertz CT molecular complexity index is 697. The second kappa shape index (κ2) is 8.69. The second-order valence-electron chi connectivity index (χ2n) is 5.80. The van der Waals surface area contributed by atoms with Crippen LogP contribution in [0.2, 0.25) is 5.02 Å². The second-order valence-corrected chi connectivity index (χ2v) is 6.21. The molecule has 2 aromatic rings. The molecule has 1 aromatic carbocycles. The molecule has 0 aliphatic heterocycles. The maximum absolute atomic E-state index is 12.5. The first-order valence-corrected chi connectivity index (χ1v) is 8.71. The summed E-state index contributed by atoms with van der Waals surface area (Å²) in [5.41, 5.74) is 3.08. The van der Waals surface area contributed by atoms with Gasteiger partial charge in [0.05, 0.1) is 0 Å². The van der Waals surface area contributed by atoms with Gasteiger partial charge in [0.15, 0.2) is 0 Å². The van der Waals surface area contributed by atoms with Crippen molar-refractivity contribution in [2.45, 2.75) is 33.6 Å². The van der Waals surface area contributed by atoms with E-state index in [1.807, 2.05) is 31.2 Å². The Morgan fingerprint density at radius 1 is 1.17 bits per heavy atom. The van der Waals surface area contributed by atoms with Gasteiger partial charge in [0.1, 0.15) is 5.69 Å². The highest BCUT2D eigenvalue weighted by Gasteiger charge is 2.12. The van der Waals surface area contributed by atoms with Gasteiger partial charge in [0, 0.05) is 35.7 Å². The molecule has 5 heteroatoms. The monoisotopic (exact) mass is 345 g/mol. The van der Waals surface area contributed by atoms with Crippen molar-refractivity contribution in [1.82, 2.24) is 4.98 Å². The summed E-state index contributed by atoms with van der Waals surface area (Å²) in [6, 6.07) is 9.26. The van der Waals surface area contributed by atoms with Crippen molar-refractivity contribution in [3.8, 4) is 0 Å². The van der Waals surface area contributed by atoms with Gasteiger partial charge < -0.3 is 10.2 Å². The van der Waals surface area contributed by atoms with Gasteiger partial charge in [-0.1, -0.05) is 31.5 Å². The van der Waals surface area contributed by atoms with Gasteiger partial charge in [-0.3, -0.25) is 9.78 Å². The van der Waals surface area contributed by atoms with Gasteiger partial charge >= 0.3 is 0 Å². The van der Waals surface area contributed by atoms with Crippen LogP contribution in [0.3, 0.4) is 0 Å². The number of amides is 1. The minimum absolute atomic E-state index is 0.232. The molecule has 0 atom stereocenters. The van der Waals surface area contributed by atoms with E-state index in [-0.39, 0.29) is 5.91 Å². The van der Waals surface area contributed by atoms with Gasteiger partial charge in [0.2, 0.25) is 0 Å². The number of pyridine rings is 1. The lowest BCUT2D eigenvalue weighted by molar-refractivity contribution is 0.102. The normalized spacial score (nSPS) is 10.5. The Kier molecular flexibility index (Phi) is 6.62. The number of rotatable bonds is 7. The highest BCUT2D eigenvalue weighted by atomic mass is 35.5. The molecule has 0 aliphatic carbocycles. The van der Waals surface area contributed by atoms with Crippen molar-refractivity contribution >= 4 is 28.9 Å². The predicted octanol–water partition coefficient (Wildman–Crippen LogP) is 4.92. The fraction of sp³-hybridized carbons (Fsp3) is 0.368. The molecule has 0 spiro atoms. The average Bonchev–Trinajstić information content (AvgIpc) is 2.58. The largest absolute Gasteiger partial charge is 0.371 e. The number of nitrogens with zero attached hydrogens (tertiary/aromatic N) is 2. The molecular weight excluding hydrogens is 322 g/mol. The summed E-state index contributed by atoms with van der Waals surface area (Å²) in [6.07, 6.45) is 3.81. The molecule has 1 amide bonds. The van der Waals surface area contributed by atoms with Crippen molar-refractivity contribution in [2.24, 2.45) is 0 Å². The summed E-state index contributed by atoms with van der Waals surface area (Å²) < 4.78 is 0. The van der Waals surface area contributed by atoms with Crippen LogP contribution in [0, 0.1) is 6.92 Å². The minimum atomic E-state index is -0.232. The van der Waals surface area contributed by atoms with Gasteiger partial charge in [-0.15, -0.1) is 0 Å². The van der Waals surface area contributed by atoms with Gasteiger partial charge in [-0.25, -0.2) is 0 Å². The van der Waals surface area contributed by atoms with E-state index in [9.17, 15) is 4.79 Å². The van der Waals surface area contributed by atoms with Crippen LogP contribution in [0.4, 0.5) is 11.4 Å². The summed E-state index contributed by atoms with van der Waals surface area (Å²) >= 11 is 6.11. The molecule has 0 unspecified atom stereocenters. The third-order valence-corrected chi connectivity index (χ3v) is 4.17. The third kappa shape index (κ3) is 4.71. The highest BCUT2D eigenvalue weighted by molar-refractivity contribution is 6.31. The van der Waals surface area contributed by atoms with Crippen LogP contribution in [0.15, 0.2) is 36.5 Å². The molecule has 1 aromatic heterocycles. The number of aryl methyl sites for hydroxylation is 1. The summed E-state index contributed by atoms with van der Waals surface area (Å²) in [4.78, 5) is 19.0. The van der Waals surface area contributed by atoms with E-state index in [4.69, 9.17) is 11.6 Å². The summed E-state index contributed by atoms with van der Waals surface area (Å²) in [7, 11) is 0. The SMILES string of the molecule is CCCN(CCC)c1ccnc(C(=O)Nc2ccc(C)c(Cl)c2)c1. The highest BCUT2D eigenvalue weighted by Crippen LogP contribution is 2.21. The summed E-state index contributed by atoms with van der Waals surface area (Å²) in [5, 5.41) is 3.48. The number of hydrogen-bond donors (Lipinski definition) is 1. The van der Waals surface area contributed by atoms with Crippen LogP contribution in [-0.2, 0) is 0 Å². The quantitative estimate of drug-likeness (QED) is 0.774. The van der Waals surface area contributed by atoms with Crippen molar-refractivity contribution in [2.75, 3.05) is 23.3 Å². The molecular formula is C19H24ClN3O. The molecule has 0 bridgehead atoms. The van der Waals surface area contributed by atoms with E-state index in [1.54, 1.807) is 12.3 Å². The third-order valence-electron chi connectivity index (χ3n) is 3.76. The van der Waals surface area contributed by atoms with Crippen LogP contribution < -0.4 is 10.2 Å². The lowest BCUT2D eigenvalue weighted by atomic mass is 10.2. The molecule has 24 heavy (non-hydrogen) atoms. The van der Waals surface area contributed by atoms with E-state index in [0.717, 1.165) is 37.2 Å². The number of carbonyl (C=O) groups excluding carboxylic acids is 1. The van der Waals surface area contributed by atoms with Crippen LogP contribution in [-0.4, -0.2) is 24.0 Å². The maximum Gasteiger partial charge on any atom is 0.274 e. The van der Waals surface area contributed by atoms with Crippen molar-refractivity contribution in [3.05, 3.63) is 52.8 Å². The van der Waals surface area contributed by atoms with Crippen LogP contribution in [0.5, 0.6) is 0 Å². The molecule has 0 saturated carbocycles. The number of anilines is 2. The molecule has 0 radical (unpaired) electrons. The number of nitrogens with one attached hydrogen (secondary N) is 1. The van der Waals surface area contributed by atoms with Gasteiger partial charge in [0.25, 0.3) is 5.91 Å². The Morgan fingerprint density at radius 2 is 1.88 bits per heavy atom. The van der Waals surface area contributed by atoms with E-state index in [2.05, 4.69) is 29.0 Å². The molecule has 1 heterocycles. The van der Waals surface area contributed by atoms with E-state index < -0.39 is 0 Å². The lowest BCUT2D eigenvalue weighted by Crippen LogP contribution is -2.25. The van der Waals surface area contributed by atoms with E-state index in [1.165, 1.54) is 0 Å².